The molecule has 2 atom stereocenters. The van der Waals surface area contributed by atoms with Crippen molar-refractivity contribution in [1.29, 1.82) is 0 Å². The van der Waals surface area contributed by atoms with Crippen LogP contribution in [0.3, 0.4) is 0 Å². The second-order valence-corrected chi connectivity index (χ2v) is 7.83. The minimum absolute atomic E-state index is 0.239. The molecule has 1 aliphatic rings. The fraction of sp³-hybridized carbons (Fsp3) is 0.545. The molecule has 0 amide bonds. The van der Waals surface area contributed by atoms with Crippen molar-refractivity contribution in [2.24, 2.45) is 11.3 Å². The minimum Gasteiger partial charge on any atom is -0.494 e. The van der Waals surface area contributed by atoms with E-state index >= 15 is 0 Å². The van der Waals surface area contributed by atoms with E-state index in [9.17, 15) is 5.11 Å². The molecule has 2 heteroatoms. The lowest BCUT2D eigenvalue weighted by Gasteiger charge is -2.37. The van der Waals surface area contributed by atoms with Crippen molar-refractivity contribution in [2.45, 2.75) is 59.5 Å². The van der Waals surface area contributed by atoms with Gasteiger partial charge in [0.15, 0.2) is 0 Å². The Morgan fingerprint density at radius 3 is 2.54 bits per heavy atom. The maximum absolute atomic E-state index is 10.9. The quantitative estimate of drug-likeness (QED) is 0.687. The van der Waals surface area contributed by atoms with Gasteiger partial charge in [-0.3, -0.25) is 0 Å². The smallest absolute Gasteiger partial charge is 0.119 e. The van der Waals surface area contributed by atoms with Crippen LogP contribution in [0.1, 0.15) is 59.4 Å². The summed E-state index contributed by atoms with van der Waals surface area (Å²) in [6.45, 7) is 11.5. The molecule has 0 radical (unpaired) electrons. The average molecular weight is 328 g/mol. The number of hydrogen-bond donors (Lipinski definition) is 1. The molecule has 0 aliphatic heterocycles. The van der Waals surface area contributed by atoms with E-state index in [0.29, 0.717) is 5.92 Å². The van der Waals surface area contributed by atoms with Gasteiger partial charge < -0.3 is 9.84 Å². The first kappa shape index (κ1) is 18.8. The second-order valence-electron chi connectivity index (χ2n) is 7.83. The fourth-order valence-electron chi connectivity index (χ4n) is 3.47. The summed E-state index contributed by atoms with van der Waals surface area (Å²) in [7, 11) is 0. The summed E-state index contributed by atoms with van der Waals surface area (Å²) in [6.07, 6.45) is 9.79. The van der Waals surface area contributed by atoms with Crippen molar-refractivity contribution in [1.82, 2.24) is 0 Å². The van der Waals surface area contributed by atoms with Gasteiger partial charge in [-0.05, 0) is 56.2 Å². The first-order chi connectivity index (χ1) is 11.3. The van der Waals surface area contributed by atoms with E-state index in [1.165, 1.54) is 12.0 Å². The van der Waals surface area contributed by atoms with Gasteiger partial charge in [-0.2, -0.15) is 0 Å². The van der Waals surface area contributed by atoms with Crippen LogP contribution in [0.4, 0.5) is 0 Å². The Morgan fingerprint density at radius 2 is 1.96 bits per heavy atom. The zero-order chi connectivity index (χ0) is 17.8. The van der Waals surface area contributed by atoms with Gasteiger partial charge in [0.1, 0.15) is 11.4 Å². The first-order valence-electron chi connectivity index (χ1n) is 9.08. The zero-order valence-electron chi connectivity index (χ0n) is 15.8. The zero-order valence-corrected chi connectivity index (χ0v) is 15.8. The summed E-state index contributed by atoms with van der Waals surface area (Å²) in [5, 5.41) is 10.9. The van der Waals surface area contributed by atoms with Crippen LogP contribution in [-0.2, 0) is 5.60 Å². The van der Waals surface area contributed by atoms with Crippen molar-refractivity contribution in [3.05, 3.63) is 53.6 Å². The van der Waals surface area contributed by atoms with Crippen molar-refractivity contribution in [3.8, 4) is 5.75 Å². The number of allylic oxidation sites excluding steroid dienone is 3. The van der Waals surface area contributed by atoms with Gasteiger partial charge in [0, 0.05) is 5.92 Å². The fourth-order valence-corrected chi connectivity index (χ4v) is 3.47. The maximum Gasteiger partial charge on any atom is 0.119 e. The summed E-state index contributed by atoms with van der Waals surface area (Å²) < 4.78 is 5.61. The topological polar surface area (TPSA) is 29.5 Å². The highest BCUT2D eigenvalue weighted by molar-refractivity contribution is 5.33. The van der Waals surface area contributed by atoms with E-state index < -0.39 is 5.60 Å². The van der Waals surface area contributed by atoms with E-state index in [1.54, 1.807) is 0 Å². The Morgan fingerprint density at radius 1 is 1.29 bits per heavy atom. The molecular formula is C22H32O2. The van der Waals surface area contributed by atoms with E-state index in [2.05, 4.69) is 39.8 Å². The summed E-state index contributed by atoms with van der Waals surface area (Å²) in [5.41, 5.74) is 1.56. The molecule has 2 nitrogen and oxygen atoms in total. The van der Waals surface area contributed by atoms with Crippen LogP contribution in [0.2, 0.25) is 0 Å². The summed E-state index contributed by atoms with van der Waals surface area (Å²) in [5.74, 6) is 1.23. The molecule has 2 unspecified atom stereocenters. The molecule has 0 bridgehead atoms. The lowest BCUT2D eigenvalue weighted by molar-refractivity contribution is 0.109. The largest absolute Gasteiger partial charge is 0.494 e. The molecule has 0 saturated carbocycles. The van der Waals surface area contributed by atoms with Crippen LogP contribution in [0, 0.1) is 11.3 Å². The van der Waals surface area contributed by atoms with Crippen LogP contribution in [0.5, 0.6) is 5.75 Å². The predicted molar refractivity (Wildman–Crippen MR) is 101 cm³/mol. The average Bonchev–Trinajstić information content (AvgIpc) is 2.52. The van der Waals surface area contributed by atoms with Crippen LogP contribution in [-0.4, -0.2) is 11.7 Å². The number of hydrogen-bond acceptors (Lipinski definition) is 2. The van der Waals surface area contributed by atoms with Crippen LogP contribution in [0.15, 0.2) is 48.1 Å². The molecule has 1 aromatic rings. The Balaban J connectivity index is 2.15. The van der Waals surface area contributed by atoms with Gasteiger partial charge in [0.25, 0.3) is 0 Å². The van der Waals surface area contributed by atoms with Crippen molar-refractivity contribution >= 4 is 0 Å². The third-order valence-electron chi connectivity index (χ3n) is 5.11. The van der Waals surface area contributed by atoms with E-state index in [1.807, 2.05) is 37.3 Å². The van der Waals surface area contributed by atoms with Gasteiger partial charge in [-0.1, -0.05) is 56.7 Å². The molecule has 0 saturated heterocycles. The van der Waals surface area contributed by atoms with Crippen molar-refractivity contribution < 1.29 is 9.84 Å². The minimum atomic E-state index is -0.975. The van der Waals surface area contributed by atoms with Gasteiger partial charge in [0.2, 0.25) is 0 Å². The third-order valence-corrected chi connectivity index (χ3v) is 5.11. The van der Waals surface area contributed by atoms with Gasteiger partial charge >= 0.3 is 0 Å². The molecule has 0 spiro atoms. The number of rotatable bonds is 6. The van der Waals surface area contributed by atoms with E-state index in [0.717, 1.165) is 30.8 Å². The molecule has 0 fully saturated rings. The number of aliphatic hydroxyl groups is 1. The lowest BCUT2D eigenvalue weighted by atomic mass is 9.68. The van der Waals surface area contributed by atoms with Crippen molar-refractivity contribution in [3.63, 3.8) is 0 Å². The van der Waals surface area contributed by atoms with Crippen LogP contribution in [0.25, 0.3) is 0 Å². The Bertz CT molecular complexity index is 591. The summed E-state index contributed by atoms with van der Waals surface area (Å²) in [4.78, 5) is 0. The molecule has 1 aromatic carbocycles. The molecule has 132 valence electrons. The van der Waals surface area contributed by atoms with Gasteiger partial charge in [0.05, 0.1) is 6.61 Å². The standard InChI is InChI=1S/C22H32O2/c1-6-16-24-19-11-9-18(10-12-19)22(5,23)15-13-20-17(2)8-7-14-21(20,3)4/h8-13,15,20,23H,6-7,14,16H2,1-5H3/b15-13+. The molecular weight excluding hydrogens is 296 g/mol. The SMILES string of the molecule is CCCOc1ccc(C(C)(O)/C=C/C2C(C)=CCCC2(C)C)cc1. The summed E-state index contributed by atoms with van der Waals surface area (Å²) in [6, 6.07) is 7.76. The predicted octanol–water partition coefficient (Wildman–Crippen LogP) is 5.62. The molecule has 1 aliphatic carbocycles. The molecule has 2 rings (SSSR count). The van der Waals surface area contributed by atoms with Crippen molar-refractivity contribution in [2.75, 3.05) is 6.61 Å². The Kier molecular flexibility index (Phi) is 5.92. The normalized spacial score (nSPS) is 22.9. The number of ether oxygens (including phenoxy) is 1. The number of benzene rings is 1. The van der Waals surface area contributed by atoms with Gasteiger partial charge in [-0.15, -0.1) is 0 Å². The van der Waals surface area contributed by atoms with Gasteiger partial charge in [-0.25, -0.2) is 0 Å². The molecule has 1 N–H and O–H groups in total. The highest BCUT2D eigenvalue weighted by Crippen LogP contribution is 2.42. The van der Waals surface area contributed by atoms with E-state index in [-0.39, 0.29) is 5.41 Å². The second kappa shape index (κ2) is 7.57. The highest BCUT2D eigenvalue weighted by atomic mass is 16.5. The van der Waals surface area contributed by atoms with E-state index in [4.69, 9.17) is 4.74 Å². The Hall–Kier alpha value is -1.54. The van der Waals surface area contributed by atoms with Crippen LogP contribution < -0.4 is 4.74 Å². The summed E-state index contributed by atoms with van der Waals surface area (Å²) >= 11 is 0. The molecule has 0 heterocycles. The third kappa shape index (κ3) is 4.51. The first-order valence-corrected chi connectivity index (χ1v) is 9.08. The Labute approximate surface area is 147 Å². The highest BCUT2D eigenvalue weighted by Gasteiger charge is 2.31. The lowest BCUT2D eigenvalue weighted by Crippen LogP contribution is -2.27. The molecule has 24 heavy (non-hydrogen) atoms. The maximum atomic E-state index is 10.9. The van der Waals surface area contributed by atoms with Crippen LogP contribution >= 0.6 is 0 Å². The monoisotopic (exact) mass is 328 g/mol. The molecule has 0 aromatic heterocycles.